The average molecular weight is 399 g/mol. The Kier molecular flexibility index (Phi) is 5.92. The van der Waals surface area contributed by atoms with Gasteiger partial charge in [0.2, 0.25) is 0 Å². The van der Waals surface area contributed by atoms with E-state index in [1.165, 1.54) is 36.7 Å². The Morgan fingerprint density at radius 2 is 1.52 bits per heavy atom. The van der Waals surface area contributed by atoms with Crippen LogP contribution in [0.25, 0.3) is 0 Å². The molecule has 0 aliphatic carbocycles. The van der Waals surface area contributed by atoms with Crippen molar-refractivity contribution in [2.45, 2.75) is 12.7 Å². The van der Waals surface area contributed by atoms with Gasteiger partial charge in [-0.3, -0.25) is 14.6 Å². The number of rotatable bonds is 5. The molecule has 0 aliphatic rings. The highest BCUT2D eigenvalue weighted by Gasteiger charge is 2.30. The first kappa shape index (κ1) is 20.1. The van der Waals surface area contributed by atoms with Gasteiger partial charge in [0, 0.05) is 35.8 Å². The first-order valence-electron chi connectivity index (χ1n) is 8.59. The summed E-state index contributed by atoms with van der Waals surface area (Å²) in [7, 11) is 0. The number of aromatic nitrogens is 1. The molecule has 3 aromatic rings. The number of nitrogens with zero attached hydrogens (tertiary/aromatic N) is 1. The second-order valence-electron chi connectivity index (χ2n) is 6.15. The van der Waals surface area contributed by atoms with Crippen molar-refractivity contribution in [1.82, 2.24) is 10.3 Å². The molecule has 3 rings (SSSR count). The van der Waals surface area contributed by atoms with E-state index in [0.29, 0.717) is 22.4 Å². The summed E-state index contributed by atoms with van der Waals surface area (Å²) >= 11 is 0. The van der Waals surface area contributed by atoms with E-state index in [4.69, 9.17) is 0 Å². The molecule has 2 N–H and O–H groups in total. The number of halogens is 3. The quantitative estimate of drug-likeness (QED) is 0.673. The number of nitrogens with one attached hydrogen (secondary N) is 2. The van der Waals surface area contributed by atoms with Crippen molar-refractivity contribution in [3.8, 4) is 0 Å². The molecule has 0 spiro atoms. The van der Waals surface area contributed by atoms with Crippen LogP contribution in [0.5, 0.6) is 0 Å². The van der Waals surface area contributed by atoms with Gasteiger partial charge >= 0.3 is 6.18 Å². The number of amides is 2. The highest BCUT2D eigenvalue weighted by molar-refractivity contribution is 6.04. The van der Waals surface area contributed by atoms with Crippen LogP contribution < -0.4 is 10.6 Å². The monoisotopic (exact) mass is 399 g/mol. The summed E-state index contributed by atoms with van der Waals surface area (Å²) in [5, 5.41) is 5.28. The number of carbonyl (C=O) groups is 2. The molecule has 148 valence electrons. The van der Waals surface area contributed by atoms with Crippen LogP contribution in [0.4, 0.5) is 18.9 Å². The topological polar surface area (TPSA) is 71.1 Å². The Morgan fingerprint density at radius 3 is 2.17 bits per heavy atom. The molecular formula is C21H16F3N3O2. The van der Waals surface area contributed by atoms with Gasteiger partial charge in [-0.2, -0.15) is 13.2 Å². The van der Waals surface area contributed by atoms with Gasteiger partial charge in [0.05, 0.1) is 5.56 Å². The predicted molar refractivity (Wildman–Crippen MR) is 101 cm³/mol. The zero-order valence-electron chi connectivity index (χ0n) is 15.0. The number of hydrogen-bond acceptors (Lipinski definition) is 3. The van der Waals surface area contributed by atoms with Gasteiger partial charge in [0.25, 0.3) is 11.8 Å². The maximum Gasteiger partial charge on any atom is 0.416 e. The van der Waals surface area contributed by atoms with E-state index in [1.54, 1.807) is 24.3 Å². The molecule has 2 amide bonds. The summed E-state index contributed by atoms with van der Waals surface area (Å²) < 4.78 is 38.2. The Morgan fingerprint density at radius 1 is 0.862 bits per heavy atom. The SMILES string of the molecule is O=C(NCc1cccc(C(F)(F)F)c1)c1ccc(NC(=O)c2ccncc2)cc1. The Labute approximate surface area is 164 Å². The van der Waals surface area contributed by atoms with Gasteiger partial charge in [0.15, 0.2) is 0 Å². The highest BCUT2D eigenvalue weighted by Crippen LogP contribution is 2.29. The van der Waals surface area contributed by atoms with Crippen molar-refractivity contribution in [3.63, 3.8) is 0 Å². The van der Waals surface area contributed by atoms with Crippen LogP contribution in [-0.2, 0) is 12.7 Å². The first-order valence-corrected chi connectivity index (χ1v) is 8.59. The lowest BCUT2D eigenvalue weighted by Gasteiger charge is -2.10. The summed E-state index contributed by atoms with van der Waals surface area (Å²) in [5.41, 5.74) is 0.844. The fraction of sp³-hybridized carbons (Fsp3) is 0.0952. The van der Waals surface area contributed by atoms with E-state index < -0.39 is 17.6 Å². The van der Waals surface area contributed by atoms with Crippen molar-refractivity contribution in [3.05, 3.63) is 95.3 Å². The van der Waals surface area contributed by atoms with Gasteiger partial charge in [-0.1, -0.05) is 12.1 Å². The molecule has 29 heavy (non-hydrogen) atoms. The van der Waals surface area contributed by atoms with Crippen LogP contribution in [0.2, 0.25) is 0 Å². The largest absolute Gasteiger partial charge is 0.416 e. The minimum Gasteiger partial charge on any atom is -0.348 e. The molecule has 0 aliphatic heterocycles. The highest BCUT2D eigenvalue weighted by atomic mass is 19.4. The fourth-order valence-electron chi connectivity index (χ4n) is 2.55. The van der Waals surface area contributed by atoms with Crippen molar-refractivity contribution >= 4 is 17.5 Å². The maximum absolute atomic E-state index is 12.7. The van der Waals surface area contributed by atoms with Crippen molar-refractivity contribution in [1.29, 1.82) is 0 Å². The number of alkyl halides is 3. The number of hydrogen-bond donors (Lipinski definition) is 2. The van der Waals surface area contributed by atoms with Gasteiger partial charge in [-0.25, -0.2) is 0 Å². The summed E-state index contributed by atoms with van der Waals surface area (Å²) in [6.07, 6.45) is -1.42. The number of benzene rings is 2. The number of anilines is 1. The minimum absolute atomic E-state index is 0.0384. The van der Waals surface area contributed by atoms with E-state index in [1.807, 2.05) is 0 Å². The van der Waals surface area contributed by atoms with E-state index in [-0.39, 0.29) is 12.5 Å². The molecule has 0 saturated heterocycles. The van der Waals surface area contributed by atoms with Crippen LogP contribution in [0.15, 0.2) is 73.1 Å². The van der Waals surface area contributed by atoms with E-state index in [0.717, 1.165) is 12.1 Å². The van der Waals surface area contributed by atoms with Gasteiger partial charge in [0.1, 0.15) is 0 Å². The van der Waals surface area contributed by atoms with Gasteiger partial charge < -0.3 is 10.6 Å². The minimum atomic E-state index is -4.43. The zero-order chi connectivity index (χ0) is 20.9. The van der Waals surface area contributed by atoms with Crippen LogP contribution in [0.1, 0.15) is 31.8 Å². The molecule has 1 aromatic heterocycles. The van der Waals surface area contributed by atoms with Crippen LogP contribution >= 0.6 is 0 Å². The molecule has 1 heterocycles. The Balaban J connectivity index is 1.59. The molecule has 0 saturated carbocycles. The van der Waals surface area contributed by atoms with E-state index in [9.17, 15) is 22.8 Å². The fourth-order valence-corrected chi connectivity index (χ4v) is 2.55. The predicted octanol–water partition coefficient (Wildman–Crippen LogP) is 4.28. The Bertz CT molecular complexity index is 1000. The molecule has 2 aromatic carbocycles. The summed E-state index contributed by atoms with van der Waals surface area (Å²) in [5.74, 6) is -0.747. The van der Waals surface area contributed by atoms with Gasteiger partial charge in [-0.05, 0) is 54.1 Å². The molecule has 0 fully saturated rings. The standard InChI is InChI=1S/C21H16F3N3O2/c22-21(23,24)17-3-1-2-14(12-17)13-26-19(28)15-4-6-18(7-5-15)27-20(29)16-8-10-25-11-9-16/h1-12H,13H2,(H,26,28)(H,27,29). The summed E-state index contributed by atoms with van der Waals surface area (Å²) in [6, 6.07) is 14.1. The van der Waals surface area contributed by atoms with Gasteiger partial charge in [-0.15, -0.1) is 0 Å². The third-order valence-corrected chi connectivity index (χ3v) is 4.05. The molecule has 0 unspecified atom stereocenters. The molecule has 0 atom stereocenters. The third-order valence-electron chi connectivity index (χ3n) is 4.05. The maximum atomic E-state index is 12.7. The smallest absolute Gasteiger partial charge is 0.348 e. The van der Waals surface area contributed by atoms with Crippen molar-refractivity contribution < 1.29 is 22.8 Å². The third kappa shape index (κ3) is 5.41. The molecule has 5 nitrogen and oxygen atoms in total. The molecule has 0 bridgehead atoms. The molecular weight excluding hydrogens is 383 g/mol. The summed E-state index contributed by atoms with van der Waals surface area (Å²) in [4.78, 5) is 28.2. The molecule has 8 heteroatoms. The van der Waals surface area contributed by atoms with Crippen LogP contribution in [-0.4, -0.2) is 16.8 Å². The summed E-state index contributed by atoms with van der Waals surface area (Å²) in [6.45, 7) is -0.0384. The van der Waals surface area contributed by atoms with Crippen molar-refractivity contribution in [2.75, 3.05) is 5.32 Å². The lowest BCUT2D eigenvalue weighted by atomic mass is 10.1. The number of carbonyl (C=O) groups excluding carboxylic acids is 2. The zero-order valence-corrected chi connectivity index (χ0v) is 15.0. The van der Waals surface area contributed by atoms with E-state index >= 15 is 0 Å². The lowest BCUT2D eigenvalue weighted by Crippen LogP contribution is -2.23. The second kappa shape index (κ2) is 8.55. The first-order chi connectivity index (χ1) is 13.8. The second-order valence-corrected chi connectivity index (χ2v) is 6.15. The van der Waals surface area contributed by atoms with Crippen LogP contribution in [0.3, 0.4) is 0 Å². The Hall–Kier alpha value is -3.68. The lowest BCUT2D eigenvalue weighted by molar-refractivity contribution is -0.137. The van der Waals surface area contributed by atoms with E-state index in [2.05, 4.69) is 15.6 Å². The number of pyridine rings is 1. The van der Waals surface area contributed by atoms with Crippen LogP contribution in [0, 0.1) is 0 Å². The average Bonchev–Trinajstić information content (AvgIpc) is 2.73. The van der Waals surface area contributed by atoms with Crippen molar-refractivity contribution in [2.24, 2.45) is 0 Å². The molecule has 0 radical (unpaired) electrons. The normalized spacial score (nSPS) is 11.0.